The molecular weight excluding hydrogens is 288 g/mol. The zero-order valence-electron chi connectivity index (χ0n) is 9.79. The molecule has 1 nitrogen and oxygen atoms in total. The van der Waals surface area contributed by atoms with E-state index >= 15 is 0 Å². The minimum absolute atomic E-state index is 0.0151. The van der Waals surface area contributed by atoms with Gasteiger partial charge in [0, 0.05) is 16.7 Å². The standard InChI is InChI=1S/C14H10ClF2NS/c15-10-5-8(16)6-11(17)14(10)18-12-7-19-13-4-2-1-3-9(12)13/h1-6,12,18H,7H2. The molecule has 2 aromatic rings. The van der Waals surface area contributed by atoms with Gasteiger partial charge >= 0.3 is 0 Å². The first-order valence-corrected chi connectivity index (χ1v) is 7.14. The van der Waals surface area contributed by atoms with Gasteiger partial charge < -0.3 is 5.32 Å². The third-order valence-corrected chi connectivity index (χ3v) is 4.51. The highest BCUT2D eigenvalue weighted by Gasteiger charge is 2.24. The van der Waals surface area contributed by atoms with Crippen LogP contribution in [0, 0.1) is 11.6 Å². The molecule has 0 fully saturated rings. The quantitative estimate of drug-likeness (QED) is 0.848. The van der Waals surface area contributed by atoms with Crippen LogP contribution in [0.4, 0.5) is 14.5 Å². The van der Waals surface area contributed by atoms with Crippen LogP contribution in [-0.4, -0.2) is 5.75 Å². The first kappa shape index (κ1) is 12.8. The van der Waals surface area contributed by atoms with Crippen molar-refractivity contribution in [3.63, 3.8) is 0 Å². The van der Waals surface area contributed by atoms with Crippen molar-refractivity contribution in [2.75, 3.05) is 11.1 Å². The zero-order valence-corrected chi connectivity index (χ0v) is 11.4. The fourth-order valence-corrected chi connectivity index (χ4v) is 3.55. The molecule has 98 valence electrons. The molecule has 0 saturated carbocycles. The van der Waals surface area contributed by atoms with Gasteiger partial charge in [0.1, 0.15) is 5.82 Å². The van der Waals surface area contributed by atoms with E-state index in [9.17, 15) is 8.78 Å². The van der Waals surface area contributed by atoms with Crippen molar-refractivity contribution in [3.05, 3.63) is 58.6 Å². The predicted octanol–water partition coefficient (Wildman–Crippen LogP) is 4.88. The van der Waals surface area contributed by atoms with Gasteiger partial charge in [-0.05, 0) is 17.7 Å². The van der Waals surface area contributed by atoms with Crippen LogP contribution in [0.1, 0.15) is 11.6 Å². The van der Waals surface area contributed by atoms with Gasteiger partial charge in [0.25, 0.3) is 0 Å². The van der Waals surface area contributed by atoms with Crippen molar-refractivity contribution >= 4 is 29.1 Å². The number of nitrogens with one attached hydrogen (secondary N) is 1. The third-order valence-electron chi connectivity index (χ3n) is 3.03. The van der Waals surface area contributed by atoms with Gasteiger partial charge in [-0.3, -0.25) is 0 Å². The Hall–Kier alpha value is -1.26. The highest BCUT2D eigenvalue weighted by atomic mass is 35.5. The van der Waals surface area contributed by atoms with Crippen LogP contribution in [0.5, 0.6) is 0 Å². The van der Waals surface area contributed by atoms with E-state index in [-0.39, 0.29) is 16.8 Å². The van der Waals surface area contributed by atoms with E-state index in [1.807, 2.05) is 24.3 Å². The van der Waals surface area contributed by atoms with Gasteiger partial charge in [0.05, 0.1) is 16.8 Å². The summed E-state index contributed by atoms with van der Waals surface area (Å²) in [5.41, 5.74) is 1.28. The van der Waals surface area contributed by atoms with Gasteiger partial charge in [0.15, 0.2) is 5.82 Å². The Morgan fingerprint density at radius 3 is 2.79 bits per heavy atom. The Labute approximate surface area is 119 Å². The van der Waals surface area contributed by atoms with E-state index in [4.69, 9.17) is 11.6 Å². The average Bonchev–Trinajstić information content (AvgIpc) is 2.77. The van der Waals surface area contributed by atoms with Crippen LogP contribution < -0.4 is 5.32 Å². The Morgan fingerprint density at radius 2 is 2.00 bits per heavy atom. The highest BCUT2D eigenvalue weighted by molar-refractivity contribution is 7.99. The van der Waals surface area contributed by atoms with E-state index in [0.717, 1.165) is 23.4 Å². The maximum Gasteiger partial charge on any atom is 0.150 e. The van der Waals surface area contributed by atoms with E-state index in [2.05, 4.69) is 5.32 Å². The maximum absolute atomic E-state index is 13.7. The number of halogens is 3. The summed E-state index contributed by atoms with van der Waals surface area (Å²) in [6.45, 7) is 0. The molecule has 0 amide bonds. The minimum Gasteiger partial charge on any atom is -0.374 e. The van der Waals surface area contributed by atoms with Gasteiger partial charge in [0.2, 0.25) is 0 Å². The first-order chi connectivity index (χ1) is 9.15. The molecule has 1 atom stereocenters. The Morgan fingerprint density at radius 1 is 1.21 bits per heavy atom. The summed E-state index contributed by atoms with van der Waals surface area (Å²) in [5, 5.41) is 3.13. The van der Waals surface area contributed by atoms with Crippen LogP contribution in [0.25, 0.3) is 0 Å². The van der Waals surface area contributed by atoms with Crippen molar-refractivity contribution in [1.29, 1.82) is 0 Å². The number of anilines is 1. The SMILES string of the molecule is Fc1cc(F)c(NC2CSc3ccccc32)c(Cl)c1. The second-order valence-corrected chi connectivity index (χ2v) is 5.76. The number of benzene rings is 2. The van der Waals surface area contributed by atoms with Crippen molar-refractivity contribution in [1.82, 2.24) is 0 Å². The van der Waals surface area contributed by atoms with Crippen LogP contribution in [-0.2, 0) is 0 Å². The summed E-state index contributed by atoms with van der Waals surface area (Å²) >= 11 is 7.60. The number of hydrogen-bond donors (Lipinski definition) is 1. The van der Waals surface area contributed by atoms with E-state index < -0.39 is 11.6 Å². The van der Waals surface area contributed by atoms with Crippen molar-refractivity contribution in [3.8, 4) is 0 Å². The molecule has 0 saturated heterocycles. The maximum atomic E-state index is 13.7. The largest absolute Gasteiger partial charge is 0.374 e. The molecule has 0 aliphatic carbocycles. The monoisotopic (exact) mass is 297 g/mol. The number of hydrogen-bond acceptors (Lipinski definition) is 2. The van der Waals surface area contributed by atoms with Gasteiger partial charge in [-0.25, -0.2) is 8.78 Å². The molecule has 1 unspecified atom stereocenters. The molecule has 19 heavy (non-hydrogen) atoms. The topological polar surface area (TPSA) is 12.0 Å². The smallest absolute Gasteiger partial charge is 0.150 e. The van der Waals surface area contributed by atoms with Gasteiger partial charge in [-0.15, -0.1) is 11.8 Å². The lowest BCUT2D eigenvalue weighted by atomic mass is 10.1. The molecule has 0 aromatic heterocycles. The lowest BCUT2D eigenvalue weighted by Gasteiger charge is -2.16. The summed E-state index contributed by atoms with van der Waals surface area (Å²) in [6, 6.07) is 9.89. The molecular formula is C14H10ClF2NS. The van der Waals surface area contributed by atoms with E-state index in [1.54, 1.807) is 11.8 Å². The summed E-state index contributed by atoms with van der Waals surface area (Å²) in [7, 11) is 0. The Bertz CT molecular complexity index is 610. The molecule has 2 aromatic carbocycles. The van der Waals surface area contributed by atoms with Crippen LogP contribution in [0.15, 0.2) is 41.3 Å². The molecule has 0 bridgehead atoms. The number of thioether (sulfide) groups is 1. The van der Waals surface area contributed by atoms with Crippen molar-refractivity contribution in [2.24, 2.45) is 0 Å². The molecule has 5 heteroatoms. The van der Waals surface area contributed by atoms with Crippen molar-refractivity contribution in [2.45, 2.75) is 10.9 Å². The predicted molar refractivity (Wildman–Crippen MR) is 74.9 cm³/mol. The van der Waals surface area contributed by atoms with Gasteiger partial charge in [-0.1, -0.05) is 29.8 Å². The molecule has 1 heterocycles. The normalized spacial score (nSPS) is 17.3. The Kier molecular flexibility index (Phi) is 3.37. The number of rotatable bonds is 2. The van der Waals surface area contributed by atoms with Crippen LogP contribution in [0.3, 0.4) is 0 Å². The van der Waals surface area contributed by atoms with Gasteiger partial charge in [-0.2, -0.15) is 0 Å². The zero-order chi connectivity index (χ0) is 13.4. The summed E-state index contributed by atoms with van der Waals surface area (Å²) in [4.78, 5) is 1.18. The molecule has 1 N–H and O–H groups in total. The Balaban J connectivity index is 1.92. The van der Waals surface area contributed by atoms with E-state index in [1.165, 1.54) is 4.90 Å². The minimum atomic E-state index is -0.672. The number of fused-ring (bicyclic) bond motifs is 1. The summed E-state index contributed by atoms with van der Waals surface area (Å²) < 4.78 is 26.8. The summed E-state index contributed by atoms with van der Waals surface area (Å²) in [6.07, 6.45) is 0. The highest BCUT2D eigenvalue weighted by Crippen LogP contribution is 2.41. The fourth-order valence-electron chi connectivity index (χ4n) is 2.14. The molecule has 0 radical (unpaired) electrons. The fraction of sp³-hybridized carbons (Fsp3) is 0.143. The average molecular weight is 298 g/mol. The lowest BCUT2D eigenvalue weighted by Crippen LogP contribution is -2.11. The third kappa shape index (κ3) is 2.42. The molecule has 1 aliphatic heterocycles. The van der Waals surface area contributed by atoms with E-state index in [0.29, 0.717) is 0 Å². The van der Waals surface area contributed by atoms with Crippen LogP contribution >= 0.6 is 23.4 Å². The lowest BCUT2D eigenvalue weighted by molar-refractivity contribution is 0.584. The second kappa shape index (κ2) is 5.02. The molecule has 3 rings (SSSR count). The van der Waals surface area contributed by atoms with Crippen molar-refractivity contribution < 1.29 is 8.78 Å². The second-order valence-electron chi connectivity index (χ2n) is 4.29. The summed E-state index contributed by atoms with van der Waals surface area (Å²) in [5.74, 6) is -0.541. The first-order valence-electron chi connectivity index (χ1n) is 5.78. The molecule has 0 spiro atoms. The molecule has 1 aliphatic rings. The van der Waals surface area contributed by atoms with Crippen LogP contribution in [0.2, 0.25) is 5.02 Å².